The van der Waals surface area contributed by atoms with Crippen molar-refractivity contribution in [1.82, 2.24) is 20.4 Å². The van der Waals surface area contributed by atoms with Crippen LogP contribution in [0.3, 0.4) is 0 Å². The zero-order valence-electron chi connectivity index (χ0n) is 13.9. The number of rotatable bonds is 4. The number of hydrogen-bond donors (Lipinski definition) is 1. The van der Waals surface area contributed by atoms with E-state index in [0.717, 1.165) is 5.56 Å². The molecule has 1 saturated heterocycles. The first kappa shape index (κ1) is 16.2. The molecule has 0 aliphatic carbocycles. The van der Waals surface area contributed by atoms with Gasteiger partial charge in [0.25, 0.3) is 11.8 Å². The number of benzene rings is 1. The number of likely N-dealkylation sites (tertiary alicyclic amines) is 1. The van der Waals surface area contributed by atoms with E-state index in [2.05, 4.69) is 15.5 Å². The monoisotopic (exact) mass is 328 g/mol. The lowest BCUT2D eigenvalue weighted by Gasteiger charge is -2.21. The lowest BCUT2D eigenvalue weighted by Crippen LogP contribution is -2.43. The molecule has 7 heteroatoms. The Morgan fingerprint density at radius 3 is 2.58 bits per heavy atom. The minimum absolute atomic E-state index is 0.0173. The smallest absolute Gasteiger partial charge is 0.257 e. The highest BCUT2D eigenvalue weighted by molar-refractivity contribution is 5.98. The van der Waals surface area contributed by atoms with Gasteiger partial charge in [-0.2, -0.15) is 4.98 Å². The first-order valence-electron chi connectivity index (χ1n) is 7.98. The van der Waals surface area contributed by atoms with E-state index in [4.69, 9.17) is 4.52 Å². The van der Waals surface area contributed by atoms with Gasteiger partial charge in [0.05, 0.1) is 0 Å². The summed E-state index contributed by atoms with van der Waals surface area (Å²) in [5.41, 5.74) is 1.24. The molecule has 7 nitrogen and oxygen atoms in total. The number of carbonyl (C=O) groups excluding carboxylic acids is 2. The molecule has 0 spiro atoms. The highest BCUT2D eigenvalue weighted by Gasteiger charge is 2.34. The summed E-state index contributed by atoms with van der Waals surface area (Å²) in [6, 6.07) is 6.57. The molecule has 0 radical (unpaired) electrons. The van der Waals surface area contributed by atoms with Crippen LogP contribution in [0.25, 0.3) is 11.5 Å². The molecule has 126 valence electrons. The van der Waals surface area contributed by atoms with Crippen LogP contribution < -0.4 is 5.32 Å². The van der Waals surface area contributed by atoms with Crippen molar-refractivity contribution < 1.29 is 14.1 Å². The van der Waals surface area contributed by atoms with Crippen LogP contribution in [0.15, 0.2) is 28.8 Å². The SMILES string of the molecule is Cc1noc(-c2ccc(C(=O)N[C@@H]3CCN(C(C)C)C3=O)cc2)n1. The van der Waals surface area contributed by atoms with Crippen LogP contribution in [0.5, 0.6) is 0 Å². The van der Waals surface area contributed by atoms with Gasteiger partial charge in [0.1, 0.15) is 6.04 Å². The van der Waals surface area contributed by atoms with Gasteiger partial charge < -0.3 is 14.7 Å². The van der Waals surface area contributed by atoms with Crippen LogP contribution in [-0.2, 0) is 4.79 Å². The standard InChI is InChI=1S/C17H20N4O3/c1-10(2)21-9-8-14(17(21)23)19-15(22)12-4-6-13(7-5-12)16-18-11(3)20-24-16/h4-7,10,14H,8-9H2,1-3H3,(H,19,22)/t14-/m1/s1. The third-order valence-electron chi connectivity index (χ3n) is 4.09. The van der Waals surface area contributed by atoms with E-state index < -0.39 is 6.04 Å². The second-order valence-electron chi connectivity index (χ2n) is 6.16. The average Bonchev–Trinajstić information content (AvgIpc) is 3.14. The van der Waals surface area contributed by atoms with Crippen LogP contribution in [0.1, 0.15) is 36.5 Å². The van der Waals surface area contributed by atoms with E-state index in [-0.39, 0.29) is 17.9 Å². The molecule has 1 aliphatic heterocycles. The zero-order chi connectivity index (χ0) is 17.3. The number of nitrogens with zero attached hydrogens (tertiary/aromatic N) is 3. The molecule has 1 N–H and O–H groups in total. The normalized spacial score (nSPS) is 17.6. The third kappa shape index (κ3) is 3.15. The van der Waals surface area contributed by atoms with Crippen molar-refractivity contribution in [2.45, 2.75) is 39.3 Å². The van der Waals surface area contributed by atoms with Gasteiger partial charge in [0.15, 0.2) is 5.82 Å². The van der Waals surface area contributed by atoms with Crippen LogP contribution in [0, 0.1) is 6.92 Å². The summed E-state index contributed by atoms with van der Waals surface area (Å²) in [5, 5.41) is 6.55. The van der Waals surface area contributed by atoms with Gasteiger partial charge in [-0.15, -0.1) is 0 Å². The van der Waals surface area contributed by atoms with E-state index in [1.54, 1.807) is 36.1 Å². The summed E-state index contributed by atoms with van der Waals surface area (Å²) < 4.78 is 5.09. The molecule has 2 amide bonds. The van der Waals surface area contributed by atoms with Gasteiger partial charge in [0.2, 0.25) is 5.91 Å². The molecular weight excluding hydrogens is 308 g/mol. The maximum absolute atomic E-state index is 12.3. The maximum atomic E-state index is 12.3. The molecule has 1 fully saturated rings. The fraction of sp³-hybridized carbons (Fsp3) is 0.412. The van der Waals surface area contributed by atoms with E-state index in [0.29, 0.717) is 30.2 Å². The van der Waals surface area contributed by atoms with Crippen molar-refractivity contribution in [1.29, 1.82) is 0 Å². The van der Waals surface area contributed by atoms with Gasteiger partial charge in [-0.1, -0.05) is 5.16 Å². The summed E-state index contributed by atoms with van der Waals surface area (Å²) in [6.45, 7) is 6.37. The van der Waals surface area contributed by atoms with E-state index >= 15 is 0 Å². The lowest BCUT2D eigenvalue weighted by atomic mass is 10.1. The largest absolute Gasteiger partial charge is 0.340 e. The Labute approximate surface area is 140 Å². The molecule has 2 aromatic rings. The Balaban J connectivity index is 1.67. The predicted octanol–water partition coefficient (Wildman–Crippen LogP) is 1.78. The molecule has 1 aromatic heterocycles. The summed E-state index contributed by atoms with van der Waals surface area (Å²) in [7, 11) is 0. The second-order valence-corrected chi connectivity index (χ2v) is 6.16. The molecule has 1 aromatic carbocycles. The molecule has 0 unspecified atom stereocenters. The highest BCUT2D eigenvalue weighted by Crippen LogP contribution is 2.18. The second kappa shape index (κ2) is 6.43. The van der Waals surface area contributed by atoms with Crippen LogP contribution in [0.2, 0.25) is 0 Å². The molecule has 1 aliphatic rings. The predicted molar refractivity (Wildman–Crippen MR) is 87.2 cm³/mol. The Bertz CT molecular complexity index is 751. The first-order valence-corrected chi connectivity index (χ1v) is 7.98. The summed E-state index contributed by atoms with van der Waals surface area (Å²) in [5.74, 6) is 0.697. The molecular formula is C17H20N4O3. The van der Waals surface area contributed by atoms with Crippen molar-refractivity contribution in [2.75, 3.05) is 6.54 Å². The van der Waals surface area contributed by atoms with E-state index in [9.17, 15) is 9.59 Å². The van der Waals surface area contributed by atoms with E-state index in [1.165, 1.54) is 0 Å². The molecule has 0 saturated carbocycles. The van der Waals surface area contributed by atoms with Gasteiger partial charge in [-0.05, 0) is 51.5 Å². The Morgan fingerprint density at radius 2 is 2.04 bits per heavy atom. The summed E-state index contributed by atoms with van der Waals surface area (Å²) in [6.07, 6.45) is 0.641. The fourth-order valence-electron chi connectivity index (χ4n) is 2.77. The van der Waals surface area contributed by atoms with Crippen molar-refractivity contribution in [3.63, 3.8) is 0 Å². The molecule has 3 rings (SSSR count). The summed E-state index contributed by atoms with van der Waals surface area (Å²) in [4.78, 5) is 30.5. The molecule has 1 atom stereocenters. The van der Waals surface area contributed by atoms with Crippen molar-refractivity contribution in [2.24, 2.45) is 0 Å². The average molecular weight is 328 g/mol. The Hall–Kier alpha value is -2.70. The zero-order valence-corrected chi connectivity index (χ0v) is 13.9. The Kier molecular flexibility index (Phi) is 4.33. The number of amides is 2. The maximum Gasteiger partial charge on any atom is 0.257 e. The van der Waals surface area contributed by atoms with Gasteiger partial charge in [0, 0.05) is 23.7 Å². The summed E-state index contributed by atoms with van der Waals surface area (Å²) >= 11 is 0. The van der Waals surface area contributed by atoms with Gasteiger partial charge >= 0.3 is 0 Å². The fourth-order valence-corrected chi connectivity index (χ4v) is 2.77. The highest BCUT2D eigenvalue weighted by atomic mass is 16.5. The number of carbonyl (C=O) groups is 2. The first-order chi connectivity index (χ1) is 11.5. The van der Waals surface area contributed by atoms with E-state index in [1.807, 2.05) is 13.8 Å². The lowest BCUT2D eigenvalue weighted by molar-refractivity contribution is -0.130. The molecule has 0 bridgehead atoms. The van der Waals surface area contributed by atoms with Crippen LogP contribution in [-0.4, -0.2) is 45.5 Å². The quantitative estimate of drug-likeness (QED) is 0.924. The number of aryl methyl sites for hydroxylation is 1. The minimum Gasteiger partial charge on any atom is -0.340 e. The van der Waals surface area contributed by atoms with Crippen molar-refractivity contribution in [3.05, 3.63) is 35.7 Å². The van der Waals surface area contributed by atoms with Gasteiger partial charge in [-0.3, -0.25) is 9.59 Å². The number of hydrogen-bond acceptors (Lipinski definition) is 5. The van der Waals surface area contributed by atoms with Gasteiger partial charge in [-0.25, -0.2) is 0 Å². The number of aromatic nitrogens is 2. The topological polar surface area (TPSA) is 88.3 Å². The van der Waals surface area contributed by atoms with Crippen molar-refractivity contribution >= 4 is 11.8 Å². The van der Waals surface area contributed by atoms with Crippen LogP contribution >= 0.6 is 0 Å². The molecule has 2 heterocycles. The van der Waals surface area contributed by atoms with Crippen molar-refractivity contribution in [3.8, 4) is 11.5 Å². The Morgan fingerprint density at radius 1 is 1.33 bits per heavy atom. The third-order valence-corrected chi connectivity index (χ3v) is 4.09. The minimum atomic E-state index is -0.446. The molecule has 24 heavy (non-hydrogen) atoms. The number of nitrogens with one attached hydrogen (secondary N) is 1. The van der Waals surface area contributed by atoms with Crippen LogP contribution in [0.4, 0.5) is 0 Å².